The molecule has 0 rings (SSSR count). The zero-order valence-electron chi connectivity index (χ0n) is 39.0. The van der Waals surface area contributed by atoms with Gasteiger partial charge in [0.15, 0.2) is 0 Å². The van der Waals surface area contributed by atoms with Gasteiger partial charge in [-0.05, 0) is 44.9 Å². The molecule has 2 N–H and O–H groups in total. The average Bonchev–Trinajstić information content (AvgIpc) is 3.19. The Labute approximate surface area is 364 Å². The standard InChI is InChI=1S/C50H94NO7P/c1-5-6-7-8-9-10-11-12-13-14-15-16-17-18-19-20-21-22-23-24-25-26-27-28-29-30-31-32-33-34-35-36-37-38-39-40-41-42-43-44-50(53)56-47-49(52)48-58-59(54,55)57-46-45-51(2,3)4/h6-7,9-10,12-13,15-16,49,52H,5,8,11,14,17-48H2,1-4H3/p+1/b7-6-,10-9-,13-12-,16-15-. The number of carbonyl (C=O) groups excluding carboxylic acids is 1. The maximum Gasteiger partial charge on any atom is 0.472 e. The molecule has 2 unspecified atom stereocenters. The molecule has 0 saturated carbocycles. The SMILES string of the molecule is CC/C=C\C/C=C\C/C=C\C/C=C\CCCCCCCCCCCCCCCCCCCCCCCCCCCCC(=O)OCC(O)COP(=O)(O)OCC[N+](C)(C)C. The molecule has 59 heavy (non-hydrogen) atoms. The molecule has 0 aliphatic rings. The van der Waals surface area contributed by atoms with Crippen LogP contribution in [0.25, 0.3) is 0 Å². The number of phosphoric acid groups is 1. The fourth-order valence-corrected chi connectivity index (χ4v) is 7.58. The first kappa shape index (κ1) is 57.5. The van der Waals surface area contributed by atoms with Gasteiger partial charge in [0.25, 0.3) is 0 Å². The molecular formula is C50H95NO7P+. The van der Waals surface area contributed by atoms with Crippen LogP contribution in [0.1, 0.15) is 212 Å². The summed E-state index contributed by atoms with van der Waals surface area (Å²) in [6.45, 7) is 2.05. The number of allylic oxidation sites excluding steroid dienone is 8. The Hall–Kier alpha value is -1.54. The van der Waals surface area contributed by atoms with E-state index in [1.165, 1.54) is 154 Å². The molecule has 0 bridgehead atoms. The van der Waals surface area contributed by atoms with Crippen molar-refractivity contribution in [1.29, 1.82) is 0 Å². The average molecular weight is 853 g/mol. The van der Waals surface area contributed by atoms with Crippen molar-refractivity contribution < 1.29 is 37.6 Å². The second-order valence-corrected chi connectivity index (χ2v) is 19.1. The molecule has 0 amide bonds. The van der Waals surface area contributed by atoms with E-state index in [1.807, 2.05) is 21.1 Å². The van der Waals surface area contributed by atoms with E-state index in [0.717, 1.165) is 44.9 Å². The molecule has 0 heterocycles. The topological polar surface area (TPSA) is 102 Å². The number of esters is 1. The summed E-state index contributed by atoms with van der Waals surface area (Å²) in [5.74, 6) is -0.367. The first-order chi connectivity index (χ1) is 28.6. The van der Waals surface area contributed by atoms with E-state index < -0.39 is 20.5 Å². The van der Waals surface area contributed by atoms with Gasteiger partial charge in [-0.2, -0.15) is 0 Å². The van der Waals surface area contributed by atoms with Gasteiger partial charge in [-0.1, -0.05) is 210 Å². The van der Waals surface area contributed by atoms with Gasteiger partial charge in [0.1, 0.15) is 25.9 Å². The first-order valence-electron chi connectivity index (χ1n) is 24.4. The van der Waals surface area contributed by atoms with Gasteiger partial charge in [-0.15, -0.1) is 0 Å². The van der Waals surface area contributed by atoms with Crippen molar-refractivity contribution in [1.82, 2.24) is 0 Å². The lowest BCUT2D eigenvalue weighted by atomic mass is 10.0. The molecule has 0 saturated heterocycles. The van der Waals surface area contributed by atoms with E-state index in [0.29, 0.717) is 17.4 Å². The minimum absolute atomic E-state index is 0.0555. The van der Waals surface area contributed by atoms with Crippen molar-refractivity contribution in [3.8, 4) is 0 Å². The largest absolute Gasteiger partial charge is 0.472 e. The number of phosphoric ester groups is 1. The molecular weight excluding hydrogens is 758 g/mol. The third-order valence-electron chi connectivity index (χ3n) is 10.6. The zero-order valence-corrected chi connectivity index (χ0v) is 39.9. The number of rotatable bonds is 45. The maximum absolute atomic E-state index is 12.0. The monoisotopic (exact) mass is 853 g/mol. The number of ether oxygens (including phenoxy) is 1. The van der Waals surface area contributed by atoms with Crippen LogP contribution >= 0.6 is 7.82 Å². The van der Waals surface area contributed by atoms with Crippen LogP contribution in [-0.4, -0.2) is 74.1 Å². The molecule has 0 aliphatic heterocycles. The lowest BCUT2D eigenvalue weighted by molar-refractivity contribution is -0.870. The van der Waals surface area contributed by atoms with Gasteiger partial charge in [-0.25, -0.2) is 4.57 Å². The summed E-state index contributed by atoms with van der Waals surface area (Å²) < 4.78 is 27.3. The van der Waals surface area contributed by atoms with E-state index in [1.54, 1.807) is 0 Å². The second kappa shape index (κ2) is 43.1. The van der Waals surface area contributed by atoms with Gasteiger partial charge < -0.3 is 19.2 Å². The minimum Gasteiger partial charge on any atom is -0.463 e. The Kier molecular flexibility index (Phi) is 42.0. The van der Waals surface area contributed by atoms with Crippen LogP contribution in [-0.2, 0) is 23.1 Å². The van der Waals surface area contributed by atoms with E-state index >= 15 is 0 Å². The molecule has 0 radical (unpaired) electrons. The Bertz CT molecular complexity index is 1080. The summed E-state index contributed by atoms with van der Waals surface area (Å²) in [4.78, 5) is 21.7. The summed E-state index contributed by atoms with van der Waals surface area (Å²) in [7, 11) is 1.57. The molecule has 2 atom stereocenters. The summed E-state index contributed by atoms with van der Waals surface area (Å²) in [6.07, 6.45) is 57.7. The number of hydrogen-bond donors (Lipinski definition) is 2. The van der Waals surface area contributed by atoms with Crippen LogP contribution < -0.4 is 0 Å². The summed E-state index contributed by atoms with van der Waals surface area (Å²) >= 11 is 0. The van der Waals surface area contributed by atoms with E-state index in [-0.39, 0.29) is 19.2 Å². The highest BCUT2D eigenvalue weighted by Crippen LogP contribution is 2.43. The lowest BCUT2D eigenvalue weighted by Gasteiger charge is -2.24. The smallest absolute Gasteiger partial charge is 0.463 e. The maximum atomic E-state index is 12.0. The van der Waals surface area contributed by atoms with E-state index in [9.17, 15) is 19.4 Å². The quantitative estimate of drug-likeness (QED) is 0.0207. The lowest BCUT2D eigenvalue weighted by Crippen LogP contribution is -2.37. The number of carbonyl (C=O) groups is 1. The Morgan fingerprint density at radius 3 is 1.27 bits per heavy atom. The van der Waals surface area contributed by atoms with Crippen molar-refractivity contribution in [2.24, 2.45) is 0 Å². The molecule has 9 heteroatoms. The minimum atomic E-state index is -4.25. The third-order valence-corrected chi connectivity index (χ3v) is 11.6. The van der Waals surface area contributed by atoms with Gasteiger partial charge in [0.05, 0.1) is 27.7 Å². The molecule has 0 aromatic carbocycles. The fraction of sp³-hybridized carbons (Fsp3) is 0.820. The molecule has 0 aliphatic carbocycles. The van der Waals surface area contributed by atoms with Crippen molar-refractivity contribution in [2.45, 2.75) is 218 Å². The summed E-state index contributed by atoms with van der Waals surface area (Å²) in [5, 5.41) is 9.93. The Morgan fingerprint density at radius 1 is 0.525 bits per heavy atom. The molecule has 0 aromatic heterocycles. The van der Waals surface area contributed by atoms with Crippen molar-refractivity contribution in [2.75, 3.05) is 47.5 Å². The Balaban J connectivity index is 3.32. The Morgan fingerprint density at radius 2 is 0.881 bits per heavy atom. The van der Waals surface area contributed by atoms with Crippen LogP contribution in [0.5, 0.6) is 0 Å². The first-order valence-corrected chi connectivity index (χ1v) is 25.9. The molecule has 0 aromatic rings. The third kappa shape index (κ3) is 49.0. The van der Waals surface area contributed by atoms with Gasteiger partial charge >= 0.3 is 13.8 Å². The van der Waals surface area contributed by atoms with Gasteiger partial charge in [0.2, 0.25) is 0 Å². The normalized spacial score (nSPS) is 14.1. The van der Waals surface area contributed by atoms with Crippen LogP contribution in [0.2, 0.25) is 0 Å². The fourth-order valence-electron chi connectivity index (χ4n) is 6.83. The molecule has 0 fully saturated rings. The van der Waals surface area contributed by atoms with Gasteiger partial charge in [0, 0.05) is 6.42 Å². The van der Waals surface area contributed by atoms with Crippen LogP contribution in [0.4, 0.5) is 0 Å². The highest BCUT2D eigenvalue weighted by atomic mass is 31.2. The van der Waals surface area contributed by atoms with E-state index in [4.69, 9.17) is 13.8 Å². The molecule has 8 nitrogen and oxygen atoms in total. The predicted octanol–water partition coefficient (Wildman–Crippen LogP) is 14.5. The van der Waals surface area contributed by atoms with E-state index in [2.05, 4.69) is 55.5 Å². The molecule has 0 spiro atoms. The van der Waals surface area contributed by atoms with Crippen LogP contribution in [0.3, 0.4) is 0 Å². The summed E-state index contributed by atoms with van der Waals surface area (Å²) in [6, 6.07) is 0. The number of unbranched alkanes of at least 4 members (excludes halogenated alkanes) is 26. The van der Waals surface area contributed by atoms with Crippen molar-refractivity contribution in [3.05, 3.63) is 48.6 Å². The number of aliphatic hydroxyl groups is 1. The van der Waals surface area contributed by atoms with Gasteiger partial charge in [-0.3, -0.25) is 13.8 Å². The number of nitrogens with zero attached hydrogens (tertiary/aromatic N) is 1. The summed E-state index contributed by atoms with van der Waals surface area (Å²) in [5.41, 5.74) is 0. The second-order valence-electron chi connectivity index (χ2n) is 17.7. The zero-order chi connectivity index (χ0) is 43.4. The predicted molar refractivity (Wildman–Crippen MR) is 252 cm³/mol. The van der Waals surface area contributed by atoms with Crippen LogP contribution in [0, 0.1) is 0 Å². The number of aliphatic hydroxyl groups excluding tert-OH is 1. The molecule has 346 valence electrons. The highest BCUT2D eigenvalue weighted by molar-refractivity contribution is 7.47. The number of likely N-dealkylation sites (N-methyl/N-ethyl adjacent to an activating group) is 1. The number of hydrogen-bond acceptors (Lipinski definition) is 6. The van der Waals surface area contributed by atoms with Crippen LogP contribution in [0.15, 0.2) is 48.6 Å². The van der Waals surface area contributed by atoms with Crippen molar-refractivity contribution >= 4 is 13.8 Å². The highest BCUT2D eigenvalue weighted by Gasteiger charge is 2.24. The van der Waals surface area contributed by atoms with Crippen molar-refractivity contribution in [3.63, 3.8) is 0 Å². The number of quaternary nitrogens is 1.